The highest BCUT2D eigenvalue weighted by molar-refractivity contribution is 5.90. The first-order valence-corrected chi connectivity index (χ1v) is 6.13. The first-order valence-electron chi connectivity index (χ1n) is 6.13. The van der Waals surface area contributed by atoms with Crippen molar-refractivity contribution in [3.63, 3.8) is 0 Å². The molecule has 5 heteroatoms. The summed E-state index contributed by atoms with van der Waals surface area (Å²) in [6.45, 7) is 0.500. The van der Waals surface area contributed by atoms with Crippen LogP contribution in [0.4, 0.5) is 11.5 Å². The molecule has 20 heavy (non-hydrogen) atoms. The summed E-state index contributed by atoms with van der Waals surface area (Å²) in [5.41, 5.74) is 2.36. The Morgan fingerprint density at radius 2 is 2.05 bits per heavy atom. The van der Waals surface area contributed by atoms with Crippen molar-refractivity contribution in [3.8, 4) is 0 Å². The van der Waals surface area contributed by atoms with Crippen LogP contribution in [0.2, 0.25) is 0 Å². The van der Waals surface area contributed by atoms with Gasteiger partial charge in [0.1, 0.15) is 5.82 Å². The fraction of sp³-hybridized carbons (Fsp3) is 0.200. The van der Waals surface area contributed by atoms with Gasteiger partial charge in [0, 0.05) is 24.6 Å². The lowest BCUT2D eigenvalue weighted by Crippen LogP contribution is -2.04. The second kappa shape index (κ2) is 6.68. The molecule has 0 bridgehead atoms. The molecule has 1 heterocycles. The van der Waals surface area contributed by atoms with Gasteiger partial charge in [-0.1, -0.05) is 18.2 Å². The molecule has 2 rings (SSSR count). The van der Waals surface area contributed by atoms with Gasteiger partial charge in [0.15, 0.2) is 0 Å². The first kappa shape index (κ1) is 14.0. The summed E-state index contributed by atoms with van der Waals surface area (Å²) >= 11 is 0. The first-order chi connectivity index (χ1) is 9.74. The van der Waals surface area contributed by atoms with E-state index in [1.54, 1.807) is 25.4 Å². The zero-order valence-corrected chi connectivity index (χ0v) is 11.4. The topological polar surface area (TPSA) is 60.5 Å². The van der Waals surface area contributed by atoms with E-state index in [0.29, 0.717) is 18.0 Å². The van der Waals surface area contributed by atoms with Gasteiger partial charge in [0.2, 0.25) is 0 Å². The zero-order valence-electron chi connectivity index (χ0n) is 11.4. The van der Waals surface area contributed by atoms with Gasteiger partial charge in [0.25, 0.3) is 0 Å². The van der Waals surface area contributed by atoms with E-state index in [-0.39, 0.29) is 5.97 Å². The Bertz CT molecular complexity index is 599. The van der Waals surface area contributed by atoms with E-state index < -0.39 is 0 Å². The second-order valence-corrected chi connectivity index (χ2v) is 4.14. The van der Waals surface area contributed by atoms with Crippen LogP contribution in [0.1, 0.15) is 15.9 Å². The average molecular weight is 272 g/mol. The predicted molar refractivity (Wildman–Crippen MR) is 76.0 cm³/mol. The predicted octanol–water partition coefficient (Wildman–Crippen LogP) is 2.76. The highest BCUT2D eigenvalue weighted by Crippen LogP contribution is 2.20. The highest BCUT2D eigenvalue weighted by atomic mass is 16.5. The van der Waals surface area contributed by atoms with Crippen LogP contribution < -0.4 is 5.32 Å². The lowest BCUT2D eigenvalue weighted by molar-refractivity contribution is 0.0600. The third-order valence-corrected chi connectivity index (χ3v) is 2.76. The van der Waals surface area contributed by atoms with E-state index >= 15 is 0 Å². The average Bonchev–Trinajstić information content (AvgIpc) is 2.49. The van der Waals surface area contributed by atoms with E-state index in [2.05, 4.69) is 15.0 Å². The van der Waals surface area contributed by atoms with Crippen LogP contribution in [-0.4, -0.2) is 25.2 Å². The molecule has 1 aromatic heterocycles. The summed E-state index contributed by atoms with van der Waals surface area (Å²) in [5, 5.41) is 3.18. The van der Waals surface area contributed by atoms with Crippen molar-refractivity contribution in [3.05, 3.63) is 53.7 Å². The van der Waals surface area contributed by atoms with E-state index in [0.717, 1.165) is 11.3 Å². The number of ether oxygens (including phenoxy) is 2. The lowest BCUT2D eigenvalue weighted by atomic mass is 10.2. The van der Waals surface area contributed by atoms with Gasteiger partial charge in [-0.25, -0.2) is 9.78 Å². The fourth-order valence-electron chi connectivity index (χ4n) is 1.81. The SMILES string of the molecule is COCc1ccccc1Nc1cc(C(=O)OC)ccn1. The van der Waals surface area contributed by atoms with Crippen LogP contribution in [0.25, 0.3) is 0 Å². The van der Waals surface area contributed by atoms with E-state index in [9.17, 15) is 4.79 Å². The molecule has 2 aromatic rings. The molecule has 0 saturated carbocycles. The summed E-state index contributed by atoms with van der Waals surface area (Å²) in [5.74, 6) is 0.192. The third kappa shape index (κ3) is 3.33. The summed E-state index contributed by atoms with van der Waals surface area (Å²) in [6, 6.07) is 11.0. The number of hydrogen-bond acceptors (Lipinski definition) is 5. The molecule has 0 saturated heterocycles. The van der Waals surface area contributed by atoms with Crippen molar-refractivity contribution in [2.45, 2.75) is 6.61 Å². The number of pyridine rings is 1. The standard InChI is InChI=1S/C15H16N2O3/c1-19-10-12-5-3-4-6-13(12)17-14-9-11(7-8-16-14)15(18)20-2/h3-9H,10H2,1-2H3,(H,16,17). The molecule has 1 N–H and O–H groups in total. The van der Waals surface area contributed by atoms with Gasteiger partial charge in [-0.15, -0.1) is 0 Å². The van der Waals surface area contributed by atoms with Crippen LogP contribution in [0.15, 0.2) is 42.6 Å². The number of nitrogens with one attached hydrogen (secondary N) is 1. The van der Waals surface area contributed by atoms with Gasteiger partial charge in [-0.3, -0.25) is 0 Å². The largest absolute Gasteiger partial charge is 0.465 e. The molecule has 0 aliphatic carbocycles. The van der Waals surface area contributed by atoms with Crippen molar-refractivity contribution in [1.82, 2.24) is 4.98 Å². The van der Waals surface area contributed by atoms with Gasteiger partial charge in [0.05, 0.1) is 19.3 Å². The molecule has 0 radical (unpaired) electrons. The highest BCUT2D eigenvalue weighted by Gasteiger charge is 2.08. The van der Waals surface area contributed by atoms with Gasteiger partial charge in [-0.2, -0.15) is 0 Å². The maximum atomic E-state index is 11.5. The molecule has 0 aliphatic heterocycles. The number of hydrogen-bond donors (Lipinski definition) is 1. The second-order valence-electron chi connectivity index (χ2n) is 4.14. The maximum absolute atomic E-state index is 11.5. The van der Waals surface area contributed by atoms with Crippen molar-refractivity contribution in [1.29, 1.82) is 0 Å². The van der Waals surface area contributed by atoms with Crippen molar-refractivity contribution < 1.29 is 14.3 Å². The number of methoxy groups -OCH3 is 2. The van der Waals surface area contributed by atoms with E-state index in [1.807, 2.05) is 24.3 Å². The molecule has 1 aromatic carbocycles. The Kier molecular flexibility index (Phi) is 4.68. The van der Waals surface area contributed by atoms with Crippen molar-refractivity contribution in [2.75, 3.05) is 19.5 Å². The van der Waals surface area contributed by atoms with Gasteiger partial charge < -0.3 is 14.8 Å². The van der Waals surface area contributed by atoms with Crippen molar-refractivity contribution >= 4 is 17.5 Å². The molecule has 0 unspecified atom stereocenters. The lowest BCUT2D eigenvalue weighted by Gasteiger charge is -2.11. The molecule has 0 aliphatic rings. The van der Waals surface area contributed by atoms with E-state index in [1.165, 1.54) is 7.11 Å². The minimum absolute atomic E-state index is 0.388. The van der Waals surface area contributed by atoms with Crippen molar-refractivity contribution in [2.24, 2.45) is 0 Å². The summed E-state index contributed by atoms with van der Waals surface area (Å²) in [4.78, 5) is 15.7. The minimum Gasteiger partial charge on any atom is -0.465 e. The Morgan fingerprint density at radius 3 is 2.80 bits per heavy atom. The zero-order chi connectivity index (χ0) is 14.4. The summed E-state index contributed by atoms with van der Waals surface area (Å²) in [7, 11) is 3.00. The van der Waals surface area contributed by atoms with E-state index in [4.69, 9.17) is 4.74 Å². The molecule has 5 nitrogen and oxygen atoms in total. The number of benzene rings is 1. The Hall–Kier alpha value is -2.40. The maximum Gasteiger partial charge on any atom is 0.338 e. The number of esters is 1. The molecule has 0 amide bonds. The molecule has 104 valence electrons. The minimum atomic E-state index is -0.388. The molecular weight excluding hydrogens is 256 g/mol. The van der Waals surface area contributed by atoms with Gasteiger partial charge in [-0.05, 0) is 18.2 Å². The third-order valence-electron chi connectivity index (χ3n) is 2.76. The number of rotatable bonds is 5. The monoisotopic (exact) mass is 272 g/mol. The number of anilines is 2. The van der Waals surface area contributed by atoms with Crippen LogP contribution in [-0.2, 0) is 16.1 Å². The Morgan fingerprint density at radius 1 is 1.25 bits per heavy atom. The smallest absolute Gasteiger partial charge is 0.338 e. The number of carbonyl (C=O) groups excluding carboxylic acids is 1. The summed E-state index contributed by atoms with van der Waals surface area (Å²) < 4.78 is 9.84. The number of para-hydroxylation sites is 1. The van der Waals surface area contributed by atoms with Crippen LogP contribution in [0.5, 0.6) is 0 Å². The van der Waals surface area contributed by atoms with Crippen LogP contribution in [0.3, 0.4) is 0 Å². The summed E-state index contributed by atoms with van der Waals surface area (Å²) in [6.07, 6.45) is 1.56. The number of nitrogens with zero attached hydrogens (tertiary/aromatic N) is 1. The Balaban J connectivity index is 2.24. The molecule has 0 spiro atoms. The van der Waals surface area contributed by atoms with Crippen LogP contribution in [0, 0.1) is 0 Å². The number of carbonyl (C=O) groups is 1. The molecular formula is C15H16N2O3. The molecule has 0 fully saturated rings. The fourth-order valence-corrected chi connectivity index (χ4v) is 1.81. The quantitative estimate of drug-likeness (QED) is 0.848. The normalized spacial score (nSPS) is 10.1. The Labute approximate surface area is 117 Å². The van der Waals surface area contributed by atoms with Crippen LogP contribution >= 0.6 is 0 Å². The number of aromatic nitrogens is 1. The van der Waals surface area contributed by atoms with Gasteiger partial charge >= 0.3 is 5.97 Å². The molecule has 0 atom stereocenters.